The minimum atomic E-state index is -2.06. The number of fused-ring (bicyclic) bond motifs is 3. The Kier molecular flexibility index (Phi) is 10.4. The fourth-order valence-corrected chi connectivity index (χ4v) is 6.67. The van der Waals surface area contributed by atoms with Gasteiger partial charge in [0.05, 0.1) is 34.4 Å². The molecule has 13 nitrogen and oxygen atoms in total. The lowest BCUT2D eigenvalue weighted by molar-refractivity contribution is -0.385. The molecule has 0 bridgehead atoms. The third-order valence-corrected chi connectivity index (χ3v) is 9.19. The number of nitro groups is 1. The van der Waals surface area contributed by atoms with E-state index >= 15 is 0 Å². The van der Waals surface area contributed by atoms with Gasteiger partial charge in [0.15, 0.2) is 23.6 Å². The van der Waals surface area contributed by atoms with Crippen LogP contribution in [0, 0.1) is 10.1 Å². The number of nitrogens with zero attached hydrogens (tertiary/aromatic N) is 1. The molecule has 6 atom stereocenters. The third-order valence-electron chi connectivity index (χ3n) is 9.19. The smallest absolute Gasteiger partial charge is 0.273 e. The van der Waals surface area contributed by atoms with E-state index in [9.17, 15) is 44.9 Å². The van der Waals surface area contributed by atoms with Crippen molar-refractivity contribution in [2.45, 2.75) is 83.3 Å². The number of benzene rings is 3. The van der Waals surface area contributed by atoms with Crippen molar-refractivity contribution in [3.05, 3.63) is 97.6 Å². The van der Waals surface area contributed by atoms with Crippen LogP contribution in [0.25, 0.3) is 0 Å². The van der Waals surface area contributed by atoms with Gasteiger partial charge in [-0.1, -0.05) is 49.9 Å². The number of phenolic OH excluding ortho intramolecular Hbond substituents is 2. The zero-order valence-electron chi connectivity index (χ0n) is 25.3. The molecule has 4 unspecified atom stereocenters. The first kappa shape index (κ1) is 36.6. The SMILES string of the molecule is C.CC(=O)[C@]1(O)Cc2c(O)c3c(c(O)c2[C@@H](OC2CC(NCc4ccccc4[N+](=O)[O-])C(O)C(C)O2)C1)C(=O)c1ccccc1C3=O.Cl. The zero-order valence-corrected chi connectivity index (χ0v) is 26.2. The highest BCUT2D eigenvalue weighted by molar-refractivity contribution is 6.30. The summed E-state index contributed by atoms with van der Waals surface area (Å²) in [6.07, 6.45) is -5.03. The first-order chi connectivity index (χ1) is 21.8. The van der Waals surface area contributed by atoms with E-state index in [1.165, 1.54) is 25.1 Å². The number of Topliss-reactive ketones (excluding diaryl/α,β-unsaturated/α-hetero) is 1. The number of aliphatic hydroxyl groups is 2. The normalized spacial score (nSPS) is 25.9. The van der Waals surface area contributed by atoms with Crippen LogP contribution in [0.1, 0.15) is 88.8 Å². The molecule has 14 heteroatoms. The maximum atomic E-state index is 13.6. The topological polar surface area (TPSA) is 206 Å². The summed E-state index contributed by atoms with van der Waals surface area (Å²) in [6, 6.07) is 11.5. The highest BCUT2D eigenvalue weighted by atomic mass is 35.5. The molecule has 0 radical (unpaired) electrons. The van der Waals surface area contributed by atoms with Gasteiger partial charge in [-0.05, 0) is 13.8 Å². The molecule has 5 N–H and O–H groups in total. The second-order valence-electron chi connectivity index (χ2n) is 12.0. The standard InChI is InChI=1S/C33H32N2O11.CH4.ClH/c1-15-28(37)21(34-14-17-7-3-6-10-22(17)35(43)44)11-24(45-15)46-23-13-33(42,16(2)36)12-20-25(23)32(41)27-26(31(20)40)29(38)18-8-4-5-9-19(18)30(27)39;;/h3-10,15,21,23-24,28,34,37,40-42H,11-14H2,1-2H3;1H4;1H/t15?,21?,23-,24?,28?,33-;;/m0../s1. The number of rotatable bonds is 7. The fraction of sp³-hybridized carbons (Fsp3) is 0.382. The maximum Gasteiger partial charge on any atom is 0.273 e. The van der Waals surface area contributed by atoms with Gasteiger partial charge in [-0.3, -0.25) is 24.5 Å². The van der Waals surface area contributed by atoms with Crippen LogP contribution in [0.15, 0.2) is 48.5 Å². The van der Waals surface area contributed by atoms with Crippen molar-refractivity contribution in [1.29, 1.82) is 0 Å². The van der Waals surface area contributed by atoms with Crippen LogP contribution in [-0.4, -0.2) is 72.8 Å². The van der Waals surface area contributed by atoms with Gasteiger partial charge in [0.25, 0.3) is 5.69 Å². The Morgan fingerprint density at radius 1 is 1.06 bits per heavy atom. The van der Waals surface area contributed by atoms with Gasteiger partial charge < -0.3 is 35.2 Å². The Labute approximate surface area is 282 Å². The summed E-state index contributed by atoms with van der Waals surface area (Å²) < 4.78 is 12.2. The second-order valence-corrected chi connectivity index (χ2v) is 12.0. The minimum Gasteiger partial charge on any atom is -0.507 e. The molecule has 3 aromatic rings. The molecule has 1 aliphatic heterocycles. The van der Waals surface area contributed by atoms with Crippen LogP contribution in [0.2, 0.25) is 0 Å². The van der Waals surface area contributed by atoms with Crippen molar-refractivity contribution >= 4 is 35.4 Å². The zero-order chi connectivity index (χ0) is 33.1. The maximum absolute atomic E-state index is 13.6. The van der Waals surface area contributed by atoms with Crippen molar-refractivity contribution in [3.63, 3.8) is 0 Å². The lowest BCUT2D eigenvalue weighted by atomic mass is 9.72. The Morgan fingerprint density at radius 3 is 2.25 bits per heavy atom. The molecule has 0 spiro atoms. The minimum absolute atomic E-state index is 0. The van der Waals surface area contributed by atoms with Crippen molar-refractivity contribution < 1.29 is 49.2 Å². The molecule has 1 fully saturated rings. The number of halogens is 1. The highest BCUT2D eigenvalue weighted by Gasteiger charge is 2.49. The number of aromatic hydroxyl groups is 2. The van der Waals surface area contributed by atoms with Gasteiger partial charge in [0.1, 0.15) is 17.1 Å². The predicted octanol–water partition coefficient (Wildman–Crippen LogP) is 3.82. The molecule has 3 aliphatic rings. The van der Waals surface area contributed by atoms with Crippen LogP contribution >= 0.6 is 12.4 Å². The quantitative estimate of drug-likeness (QED) is 0.107. The number of hydrogen-bond donors (Lipinski definition) is 5. The number of para-hydroxylation sites is 1. The number of nitro benzene ring substituents is 1. The van der Waals surface area contributed by atoms with Gasteiger partial charge >= 0.3 is 0 Å². The number of ether oxygens (including phenoxy) is 2. The van der Waals surface area contributed by atoms with Crippen molar-refractivity contribution in [2.75, 3.05) is 0 Å². The average molecular weight is 685 g/mol. The van der Waals surface area contributed by atoms with E-state index in [0.717, 1.165) is 0 Å². The molecule has 48 heavy (non-hydrogen) atoms. The summed E-state index contributed by atoms with van der Waals surface area (Å²) in [6.45, 7) is 2.82. The molecule has 1 heterocycles. The monoisotopic (exact) mass is 684 g/mol. The molecule has 0 saturated carbocycles. The number of ketones is 3. The van der Waals surface area contributed by atoms with Gasteiger partial charge in [0, 0.05) is 65.7 Å². The summed E-state index contributed by atoms with van der Waals surface area (Å²) in [5.74, 6) is -3.27. The molecule has 1 saturated heterocycles. The molecular weight excluding hydrogens is 648 g/mol. The van der Waals surface area contributed by atoms with Crippen LogP contribution in [0.5, 0.6) is 11.5 Å². The Balaban J connectivity index is 0.00000260. The summed E-state index contributed by atoms with van der Waals surface area (Å²) in [5.41, 5.74) is -2.65. The molecule has 6 rings (SSSR count). The first-order valence-electron chi connectivity index (χ1n) is 14.8. The van der Waals surface area contributed by atoms with Crippen LogP contribution in [0.4, 0.5) is 5.69 Å². The average Bonchev–Trinajstić information content (AvgIpc) is 3.02. The molecule has 2 aliphatic carbocycles. The summed E-state index contributed by atoms with van der Waals surface area (Å²) in [7, 11) is 0. The van der Waals surface area contributed by atoms with Gasteiger partial charge in [-0.25, -0.2) is 0 Å². The Bertz CT molecular complexity index is 1800. The van der Waals surface area contributed by atoms with E-state index < -0.39 is 87.6 Å². The molecule has 256 valence electrons. The van der Waals surface area contributed by atoms with Crippen molar-refractivity contribution in [1.82, 2.24) is 5.32 Å². The molecular formula is C34H37ClN2O11. The number of phenols is 2. The lowest BCUT2D eigenvalue weighted by Gasteiger charge is -2.43. The number of carbonyl (C=O) groups is 3. The summed E-state index contributed by atoms with van der Waals surface area (Å²) >= 11 is 0. The fourth-order valence-electron chi connectivity index (χ4n) is 6.67. The highest BCUT2D eigenvalue weighted by Crippen LogP contribution is 2.52. The molecule has 3 aromatic carbocycles. The predicted molar refractivity (Wildman–Crippen MR) is 174 cm³/mol. The van der Waals surface area contributed by atoms with E-state index in [1.54, 1.807) is 37.3 Å². The van der Waals surface area contributed by atoms with Crippen LogP contribution < -0.4 is 5.32 Å². The van der Waals surface area contributed by atoms with Gasteiger partial charge in [-0.15, -0.1) is 12.4 Å². The second kappa shape index (κ2) is 13.7. The number of nitrogens with one attached hydrogen (secondary N) is 1. The number of carbonyl (C=O) groups excluding carboxylic acids is 3. The van der Waals surface area contributed by atoms with E-state index in [2.05, 4.69) is 5.32 Å². The summed E-state index contributed by atoms with van der Waals surface area (Å²) in [4.78, 5) is 50.7. The van der Waals surface area contributed by atoms with E-state index in [0.29, 0.717) is 5.56 Å². The molecule has 0 amide bonds. The van der Waals surface area contributed by atoms with Crippen LogP contribution in [0.3, 0.4) is 0 Å². The first-order valence-corrected chi connectivity index (χ1v) is 14.8. The Morgan fingerprint density at radius 2 is 1.65 bits per heavy atom. The van der Waals surface area contributed by atoms with E-state index in [-0.39, 0.29) is 67.2 Å². The van der Waals surface area contributed by atoms with E-state index in [1.807, 2.05) is 0 Å². The number of aliphatic hydroxyl groups excluding tert-OH is 1. The van der Waals surface area contributed by atoms with Crippen LogP contribution in [-0.2, 0) is 27.2 Å². The Hall–Kier alpha value is -4.24. The molecule has 0 aromatic heterocycles. The lowest BCUT2D eigenvalue weighted by Crippen LogP contribution is -2.54. The summed E-state index contributed by atoms with van der Waals surface area (Å²) in [5, 5.41) is 59.9. The van der Waals surface area contributed by atoms with Gasteiger partial charge in [-0.2, -0.15) is 0 Å². The van der Waals surface area contributed by atoms with Crippen molar-refractivity contribution in [3.8, 4) is 11.5 Å². The number of hydrogen-bond acceptors (Lipinski definition) is 12. The largest absolute Gasteiger partial charge is 0.507 e. The van der Waals surface area contributed by atoms with Crippen molar-refractivity contribution in [2.24, 2.45) is 0 Å². The van der Waals surface area contributed by atoms with Gasteiger partial charge in [0.2, 0.25) is 0 Å². The third kappa shape index (κ3) is 6.09. The van der Waals surface area contributed by atoms with E-state index in [4.69, 9.17) is 9.47 Å².